The number of nitrogens with zero attached hydrogens (tertiary/aromatic N) is 2. The number of carboxylic acids is 1. The second-order valence-electron chi connectivity index (χ2n) is 3.16. The summed E-state index contributed by atoms with van der Waals surface area (Å²) in [6, 6.07) is -1.40. The van der Waals surface area contributed by atoms with Gasteiger partial charge in [0.25, 0.3) is 0 Å². The SMILES string of the molecule is NC(CC1(Cl)C=NC(C(F)(F)F)=N1)C(=O)O. The zero-order chi connectivity index (χ0) is 12.6. The highest BCUT2D eigenvalue weighted by molar-refractivity contribution is 6.34. The summed E-state index contributed by atoms with van der Waals surface area (Å²) in [5, 5.41) is 8.48. The Kier molecular flexibility index (Phi) is 3.25. The van der Waals surface area contributed by atoms with Crippen LogP contribution in [0.15, 0.2) is 9.98 Å². The Hall–Kier alpha value is -1.15. The molecule has 2 unspecified atom stereocenters. The molecule has 5 nitrogen and oxygen atoms in total. The third-order valence-corrected chi connectivity index (χ3v) is 2.09. The number of nitrogens with two attached hydrogens (primary N) is 1. The Morgan fingerprint density at radius 2 is 2.25 bits per heavy atom. The summed E-state index contributed by atoms with van der Waals surface area (Å²) in [5.74, 6) is -2.76. The van der Waals surface area contributed by atoms with E-state index in [2.05, 4.69) is 9.98 Å². The summed E-state index contributed by atoms with van der Waals surface area (Å²) in [7, 11) is 0. The standard InChI is InChI=1S/C7H7ClF3N3O2/c8-6(1-3(12)4(15)16)2-13-5(14-6)7(9,10)11/h2-3H,1,12H2,(H,15,16). The number of halogens is 4. The Balaban J connectivity index is 2.81. The van der Waals surface area contributed by atoms with Crippen molar-refractivity contribution >= 4 is 29.6 Å². The molecular weight excluding hydrogens is 251 g/mol. The van der Waals surface area contributed by atoms with Crippen molar-refractivity contribution in [3.8, 4) is 0 Å². The highest BCUT2D eigenvalue weighted by atomic mass is 35.5. The number of aliphatic imine (C=N–C) groups is 2. The third kappa shape index (κ3) is 2.92. The van der Waals surface area contributed by atoms with Crippen molar-refractivity contribution in [1.29, 1.82) is 0 Å². The molecule has 0 saturated carbocycles. The number of amidine groups is 1. The summed E-state index contributed by atoms with van der Waals surface area (Å²) < 4.78 is 36.4. The van der Waals surface area contributed by atoms with Crippen molar-refractivity contribution < 1.29 is 23.1 Å². The molecule has 0 spiro atoms. The van der Waals surface area contributed by atoms with E-state index in [4.69, 9.17) is 22.4 Å². The van der Waals surface area contributed by atoms with Crippen molar-refractivity contribution in [1.82, 2.24) is 0 Å². The molecule has 2 atom stereocenters. The quantitative estimate of drug-likeness (QED) is 0.578. The monoisotopic (exact) mass is 257 g/mol. The van der Waals surface area contributed by atoms with Gasteiger partial charge in [-0.15, -0.1) is 0 Å². The van der Waals surface area contributed by atoms with Crippen LogP contribution in [-0.2, 0) is 4.79 Å². The number of carboxylic acid groups (broad SMARTS) is 1. The molecule has 16 heavy (non-hydrogen) atoms. The number of hydrogen-bond donors (Lipinski definition) is 2. The third-order valence-electron chi connectivity index (χ3n) is 1.75. The number of rotatable bonds is 3. The molecule has 1 heterocycles. The average molecular weight is 258 g/mol. The van der Waals surface area contributed by atoms with Crippen LogP contribution in [0.25, 0.3) is 0 Å². The minimum Gasteiger partial charge on any atom is -0.480 e. The van der Waals surface area contributed by atoms with E-state index in [9.17, 15) is 18.0 Å². The van der Waals surface area contributed by atoms with E-state index in [1.165, 1.54) is 0 Å². The van der Waals surface area contributed by atoms with E-state index in [1.54, 1.807) is 0 Å². The Bertz CT molecular complexity index is 368. The van der Waals surface area contributed by atoms with Gasteiger partial charge < -0.3 is 10.8 Å². The lowest BCUT2D eigenvalue weighted by atomic mass is 10.1. The molecule has 0 amide bonds. The first-order valence-corrected chi connectivity index (χ1v) is 4.41. The molecule has 1 rings (SSSR count). The highest BCUT2D eigenvalue weighted by Gasteiger charge is 2.43. The maximum absolute atomic E-state index is 12.1. The van der Waals surface area contributed by atoms with Crippen LogP contribution in [0.4, 0.5) is 13.2 Å². The molecule has 9 heteroatoms. The number of carbonyl (C=O) groups is 1. The first-order valence-electron chi connectivity index (χ1n) is 4.04. The molecule has 0 aromatic rings. The van der Waals surface area contributed by atoms with Crippen LogP contribution < -0.4 is 5.73 Å². The molecular formula is C7H7ClF3N3O2. The predicted molar refractivity (Wildman–Crippen MR) is 50.8 cm³/mol. The lowest BCUT2D eigenvalue weighted by Gasteiger charge is -2.16. The van der Waals surface area contributed by atoms with Gasteiger partial charge in [-0.3, -0.25) is 4.79 Å². The van der Waals surface area contributed by atoms with E-state index < -0.39 is 35.4 Å². The first kappa shape index (κ1) is 12.9. The summed E-state index contributed by atoms with van der Waals surface area (Å²) in [5.41, 5.74) is 5.14. The molecule has 0 aliphatic carbocycles. The summed E-state index contributed by atoms with van der Waals surface area (Å²) >= 11 is 5.63. The van der Waals surface area contributed by atoms with Crippen molar-refractivity contribution in [2.75, 3.05) is 0 Å². The van der Waals surface area contributed by atoms with Gasteiger partial charge in [-0.25, -0.2) is 9.98 Å². The first-order chi connectivity index (χ1) is 7.14. The fourth-order valence-corrected chi connectivity index (χ4v) is 1.32. The van der Waals surface area contributed by atoms with Crippen LogP contribution in [0.2, 0.25) is 0 Å². The number of aliphatic carboxylic acids is 1. The van der Waals surface area contributed by atoms with Gasteiger partial charge in [-0.2, -0.15) is 13.2 Å². The highest BCUT2D eigenvalue weighted by Crippen LogP contribution is 2.30. The Labute approximate surface area is 92.8 Å². The van der Waals surface area contributed by atoms with Gasteiger partial charge in [0, 0.05) is 12.6 Å². The van der Waals surface area contributed by atoms with E-state index >= 15 is 0 Å². The van der Waals surface area contributed by atoms with Crippen LogP contribution >= 0.6 is 11.6 Å². The van der Waals surface area contributed by atoms with Gasteiger partial charge >= 0.3 is 12.1 Å². The van der Waals surface area contributed by atoms with E-state index in [0.29, 0.717) is 0 Å². The van der Waals surface area contributed by atoms with Crippen molar-refractivity contribution in [2.24, 2.45) is 15.7 Å². The van der Waals surface area contributed by atoms with Crippen molar-refractivity contribution in [2.45, 2.75) is 23.6 Å². The van der Waals surface area contributed by atoms with Crippen molar-refractivity contribution in [3.63, 3.8) is 0 Å². The van der Waals surface area contributed by atoms with Crippen LogP contribution in [0, 0.1) is 0 Å². The van der Waals surface area contributed by atoms with E-state index in [-0.39, 0.29) is 0 Å². The van der Waals surface area contributed by atoms with Crippen molar-refractivity contribution in [3.05, 3.63) is 0 Å². The summed E-state index contributed by atoms with van der Waals surface area (Å²) in [4.78, 5) is 14.7. The fraction of sp³-hybridized carbons (Fsp3) is 0.571. The predicted octanol–water partition coefficient (Wildman–Crippen LogP) is 0.769. The summed E-state index contributed by atoms with van der Waals surface area (Å²) in [6.45, 7) is 0. The minimum absolute atomic E-state index is 0.465. The second kappa shape index (κ2) is 4.02. The topological polar surface area (TPSA) is 88.0 Å². The van der Waals surface area contributed by atoms with Crippen LogP contribution in [0.1, 0.15) is 6.42 Å². The largest absolute Gasteiger partial charge is 0.480 e. The minimum atomic E-state index is -4.71. The lowest BCUT2D eigenvalue weighted by molar-refractivity contribution is -0.138. The molecule has 0 aromatic heterocycles. The van der Waals surface area contributed by atoms with Gasteiger partial charge in [0.1, 0.15) is 6.04 Å². The van der Waals surface area contributed by atoms with Crippen LogP contribution in [0.3, 0.4) is 0 Å². The van der Waals surface area contributed by atoms with E-state index in [0.717, 1.165) is 6.21 Å². The molecule has 0 fully saturated rings. The molecule has 90 valence electrons. The number of alkyl halides is 4. The maximum Gasteiger partial charge on any atom is 0.451 e. The average Bonchev–Trinajstić information content (AvgIpc) is 2.46. The van der Waals surface area contributed by atoms with Crippen LogP contribution in [0.5, 0.6) is 0 Å². The molecule has 3 N–H and O–H groups in total. The normalized spacial score (nSPS) is 26.7. The van der Waals surface area contributed by atoms with Gasteiger partial charge in [0.15, 0.2) is 5.00 Å². The smallest absolute Gasteiger partial charge is 0.451 e. The lowest BCUT2D eigenvalue weighted by Crippen LogP contribution is -2.37. The molecule has 1 aliphatic heterocycles. The number of hydrogen-bond acceptors (Lipinski definition) is 4. The van der Waals surface area contributed by atoms with Crippen LogP contribution in [-0.4, -0.2) is 40.3 Å². The molecule has 0 saturated heterocycles. The van der Waals surface area contributed by atoms with Gasteiger partial charge in [-0.05, 0) is 0 Å². The zero-order valence-corrected chi connectivity index (χ0v) is 8.46. The fourth-order valence-electron chi connectivity index (χ4n) is 1.02. The molecule has 0 radical (unpaired) electrons. The van der Waals surface area contributed by atoms with E-state index in [1.807, 2.05) is 0 Å². The molecule has 0 bridgehead atoms. The zero-order valence-electron chi connectivity index (χ0n) is 7.70. The van der Waals surface area contributed by atoms with Gasteiger partial charge in [-0.1, -0.05) is 11.6 Å². The Morgan fingerprint density at radius 3 is 2.62 bits per heavy atom. The van der Waals surface area contributed by atoms with Gasteiger partial charge in [0.2, 0.25) is 5.84 Å². The Morgan fingerprint density at radius 1 is 1.69 bits per heavy atom. The molecule has 1 aliphatic rings. The summed E-state index contributed by atoms with van der Waals surface area (Å²) in [6.07, 6.45) is -4.44. The maximum atomic E-state index is 12.1. The van der Waals surface area contributed by atoms with Gasteiger partial charge in [0.05, 0.1) is 0 Å². The second-order valence-corrected chi connectivity index (χ2v) is 3.81. The molecule has 0 aromatic carbocycles.